The number of likely N-dealkylation sites (N-methyl/N-ethyl adjacent to an activating group) is 1. The minimum Gasteiger partial charge on any atom is -0.459 e. The minimum atomic E-state index is -0.615. The Morgan fingerprint density at radius 2 is 1.59 bits per heavy atom. The van der Waals surface area contributed by atoms with Crippen molar-refractivity contribution in [3.63, 3.8) is 0 Å². The summed E-state index contributed by atoms with van der Waals surface area (Å²) in [5, 5.41) is 8.32. The zero-order chi connectivity index (χ0) is 24.9. The normalized spacial score (nSPS) is 11.5. The number of aromatic nitrogens is 2. The number of hydrogen-bond donors (Lipinski definition) is 0. The van der Waals surface area contributed by atoms with Crippen molar-refractivity contribution in [2.75, 3.05) is 33.7 Å². The summed E-state index contributed by atoms with van der Waals surface area (Å²) in [5.74, 6) is 0.132. The summed E-state index contributed by atoms with van der Waals surface area (Å²) in [7, 11) is 3.83. The van der Waals surface area contributed by atoms with Gasteiger partial charge in [-0.1, -0.05) is 18.2 Å². The molecule has 8 nitrogen and oxygen atoms in total. The lowest BCUT2D eigenvalue weighted by Crippen LogP contribution is -2.42. The Balaban J connectivity index is 1.76. The topological polar surface area (TPSA) is 88.8 Å². The van der Waals surface area contributed by atoms with Crippen LogP contribution in [0.25, 0.3) is 22.9 Å². The molecule has 0 atom stereocenters. The Hall–Kier alpha value is -3.52. The Bertz CT molecular complexity index is 1130. The number of amides is 1. The smallest absolute Gasteiger partial charge is 0.326 e. The van der Waals surface area contributed by atoms with Crippen LogP contribution in [0.1, 0.15) is 36.7 Å². The van der Waals surface area contributed by atoms with Crippen LogP contribution < -0.4 is 0 Å². The van der Waals surface area contributed by atoms with Crippen molar-refractivity contribution in [3.05, 3.63) is 59.7 Å². The maximum Gasteiger partial charge on any atom is 0.326 e. The largest absolute Gasteiger partial charge is 0.459 e. The SMILES string of the molecule is Cc1ccccc1-c1nnc(-c2ccc(C(=O)N(CCN(C)C)CC(=O)OC(C)(C)C)cc2)o1. The Morgan fingerprint density at radius 3 is 2.21 bits per heavy atom. The number of carbonyl (C=O) groups is 2. The maximum atomic E-state index is 13.2. The molecule has 1 amide bonds. The van der Waals surface area contributed by atoms with Crippen LogP contribution in [-0.4, -0.2) is 71.2 Å². The van der Waals surface area contributed by atoms with Crippen LogP contribution in [-0.2, 0) is 9.53 Å². The molecule has 34 heavy (non-hydrogen) atoms. The standard InChI is InChI=1S/C26H32N4O4/c1-18-9-7-8-10-21(18)24-28-27-23(33-24)19-11-13-20(14-12-19)25(32)30(16-15-29(5)6)17-22(31)34-26(2,3)4/h7-14H,15-17H2,1-6H3. The van der Waals surface area contributed by atoms with E-state index in [0.29, 0.717) is 36.0 Å². The number of aryl methyl sites for hydroxylation is 1. The highest BCUT2D eigenvalue weighted by Gasteiger charge is 2.23. The molecule has 0 spiro atoms. The predicted octanol–water partition coefficient (Wildman–Crippen LogP) is 4.06. The van der Waals surface area contributed by atoms with E-state index >= 15 is 0 Å². The third-order valence-electron chi connectivity index (χ3n) is 5.02. The van der Waals surface area contributed by atoms with Gasteiger partial charge in [0.2, 0.25) is 11.8 Å². The number of esters is 1. The van der Waals surface area contributed by atoms with Crippen LogP contribution in [0.4, 0.5) is 0 Å². The quantitative estimate of drug-likeness (QED) is 0.465. The molecule has 0 bridgehead atoms. The van der Waals surface area contributed by atoms with Gasteiger partial charge in [0.1, 0.15) is 12.1 Å². The molecule has 8 heteroatoms. The molecule has 3 aromatic rings. The summed E-state index contributed by atoms with van der Waals surface area (Å²) in [4.78, 5) is 29.0. The van der Waals surface area contributed by atoms with E-state index in [-0.39, 0.29) is 12.5 Å². The van der Waals surface area contributed by atoms with Crippen molar-refractivity contribution in [2.24, 2.45) is 0 Å². The van der Waals surface area contributed by atoms with E-state index in [2.05, 4.69) is 10.2 Å². The van der Waals surface area contributed by atoms with Gasteiger partial charge in [-0.05, 0) is 77.7 Å². The molecular formula is C26H32N4O4. The molecule has 0 aliphatic rings. The van der Waals surface area contributed by atoms with Crippen molar-refractivity contribution >= 4 is 11.9 Å². The summed E-state index contributed by atoms with van der Waals surface area (Å²) in [6, 6.07) is 14.7. The summed E-state index contributed by atoms with van der Waals surface area (Å²) < 4.78 is 11.3. The van der Waals surface area contributed by atoms with Crippen molar-refractivity contribution in [1.29, 1.82) is 0 Å². The van der Waals surface area contributed by atoms with Crippen LogP contribution in [0.3, 0.4) is 0 Å². The van der Waals surface area contributed by atoms with Crippen LogP contribution in [0, 0.1) is 6.92 Å². The van der Waals surface area contributed by atoms with Gasteiger partial charge < -0.3 is 19.0 Å². The molecule has 0 saturated heterocycles. The molecule has 2 aromatic carbocycles. The number of hydrogen-bond acceptors (Lipinski definition) is 7. The van der Waals surface area contributed by atoms with E-state index in [4.69, 9.17) is 9.15 Å². The second-order valence-corrected chi connectivity index (χ2v) is 9.42. The zero-order valence-corrected chi connectivity index (χ0v) is 20.7. The fourth-order valence-corrected chi connectivity index (χ4v) is 3.30. The van der Waals surface area contributed by atoms with Gasteiger partial charge in [-0.2, -0.15) is 0 Å². The molecule has 3 rings (SSSR count). The van der Waals surface area contributed by atoms with Gasteiger partial charge in [0.15, 0.2) is 0 Å². The van der Waals surface area contributed by atoms with Crippen LogP contribution >= 0.6 is 0 Å². The van der Waals surface area contributed by atoms with E-state index in [1.807, 2.05) is 50.2 Å². The second-order valence-electron chi connectivity index (χ2n) is 9.42. The molecule has 0 aliphatic heterocycles. The van der Waals surface area contributed by atoms with Gasteiger partial charge in [-0.15, -0.1) is 10.2 Å². The Labute approximate surface area is 200 Å². The molecule has 180 valence electrons. The number of rotatable bonds is 8. The third kappa shape index (κ3) is 6.74. The number of ether oxygens (including phenoxy) is 1. The first-order valence-corrected chi connectivity index (χ1v) is 11.2. The summed E-state index contributed by atoms with van der Waals surface area (Å²) >= 11 is 0. The van der Waals surface area contributed by atoms with Crippen LogP contribution in [0.2, 0.25) is 0 Å². The fourth-order valence-electron chi connectivity index (χ4n) is 3.30. The van der Waals surface area contributed by atoms with Crippen LogP contribution in [0.5, 0.6) is 0 Å². The maximum absolute atomic E-state index is 13.2. The highest BCUT2D eigenvalue weighted by atomic mass is 16.6. The van der Waals surface area contributed by atoms with Gasteiger partial charge in [0.25, 0.3) is 5.91 Å². The first-order valence-electron chi connectivity index (χ1n) is 11.2. The third-order valence-corrected chi connectivity index (χ3v) is 5.02. The number of nitrogens with zero attached hydrogens (tertiary/aromatic N) is 4. The van der Waals surface area contributed by atoms with Gasteiger partial charge in [0.05, 0.1) is 0 Å². The van der Waals surface area contributed by atoms with Gasteiger partial charge in [-0.3, -0.25) is 9.59 Å². The molecule has 0 N–H and O–H groups in total. The average molecular weight is 465 g/mol. The van der Waals surface area contributed by atoms with Gasteiger partial charge in [0, 0.05) is 29.8 Å². The fraction of sp³-hybridized carbons (Fsp3) is 0.385. The lowest BCUT2D eigenvalue weighted by atomic mass is 10.1. The van der Waals surface area contributed by atoms with Crippen LogP contribution in [0.15, 0.2) is 52.9 Å². The van der Waals surface area contributed by atoms with E-state index < -0.39 is 11.6 Å². The first kappa shape index (κ1) is 25.1. The average Bonchev–Trinajstić information content (AvgIpc) is 3.25. The van der Waals surface area contributed by atoms with Crippen molar-refractivity contribution < 1.29 is 18.7 Å². The highest BCUT2D eigenvalue weighted by molar-refractivity contribution is 5.96. The van der Waals surface area contributed by atoms with Crippen molar-refractivity contribution in [3.8, 4) is 22.9 Å². The summed E-state index contributed by atoms with van der Waals surface area (Å²) in [5.41, 5.74) is 2.48. The molecule has 0 saturated carbocycles. The summed E-state index contributed by atoms with van der Waals surface area (Å²) in [6.07, 6.45) is 0. The first-order chi connectivity index (χ1) is 16.0. The van der Waals surface area contributed by atoms with Gasteiger partial charge >= 0.3 is 5.97 Å². The highest BCUT2D eigenvalue weighted by Crippen LogP contribution is 2.26. The lowest BCUT2D eigenvalue weighted by Gasteiger charge is -2.26. The molecule has 0 fully saturated rings. The second kappa shape index (κ2) is 10.6. The predicted molar refractivity (Wildman–Crippen MR) is 130 cm³/mol. The monoisotopic (exact) mass is 464 g/mol. The van der Waals surface area contributed by atoms with E-state index in [1.54, 1.807) is 45.0 Å². The van der Waals surface area contributed by atoms with Gasteiger partial charge in [-0.25, -0.2) is 0 Å². The van der Waals surface area contributed by atoms with E-state index in [9.17, 15) is 9.59 Å². The molecule has 0 unspecified atom stereocenters. The number of benzene rings is 2. The molecule has 1 aromatic heterocycles. The molecule has 0 aliphatic carbocycles. The minimum absolute atomic E-state index is 0.116. The molecular weight excluding hydrogens is 432 g/mol. The Morgan fingerprint density at radius 1 is 0.941 bits per heavy atom. The Kier molecular flexibility index (Phi) is 7.83. The zero-order valence-electron chi connectivity index (χ0n) is 20.7. The van der Waals surface area contributed by atoms with Crippen molar-refractivity contribution in [2.45, 2.75) is 33.3 Å². The molecule has 1 heterocycles. The van der Waals surface area contributed by atoms with Crippen molar-refractivity contribution in [1.82, 2.24) is 20.0 Å². The van der Waals surface area contributed by atoms with E-state index in [0.717, 1.165) is 11.1 Å². The number of carbonyl (C=O) groups excluding carboxylic acids is 2. The molecule has 0 radical (unpaired) electrons. The van der Waals surface area contributed by atoms with E-state index in [1.165, 1.54) is 4.90 Å². The lowest BCUT2D eigenvalue weighted by molar-refractivity contribution is -0.155. The summed E-state index contributed by atoms with van der Waals surface area (Å²) in [6.45, 7) is 8.30.